The molecule has 3 aliphatic rings. The van der Waals surface area contributed by atoms with Crippen molar-refractivity contribution in [1.29, 1.82) is 0 Å². The van der Waals surface area contributed by atoms with E-state index in [1.807, 2.05) is 0 Å². The highest BCUT2D eigenvalue weighted by Gasteiger charge is 2.51. The first kappa shape index (κ1) is 30.0. The van der Waals surface area contributed by atoms with E-state index in [1.165, 1.54) is 4.90 Å². The Kier molecular flexibility index (Phi) is 7.82. The lowest BCUT2D eigenvalue weighted by atomic mass is 9.63. The Hall–Kier alpha value is -2.44. The molecule has 1 aromatic carbocycles. The van der Waals surface area contributed by atoms with Crippen LogP contribution in [0.2, 0.25) is 0 Å². The number of rotatable bonds is 6. The minimum atomic E-state index is -4.66. The van der Waals surface area contributed by atoms with Gasteiger partial charge in [-0.2, -0.15) is 18.2 Å². The standard InChI is InChI=1S/C29H40F3N5O3S/c1-19(2)36-12-9-28(10-13-36)15-22(16-28)41(39,40)21-6-7-24(20(3)14-21)34-26-33-17-23(29(30,31)32)25(35-26)37-11-5-8-27(4,38)18-37/h6-7,14,17,19,22,38H,5,8-13,15-16,18H2,1-4H3,(H,33,34,35). The van der Waals surface area contributed by atoms with Gasteiger partial charge in [-0.25, -0.2) is 13.4 Å². The number of piperidine rings is 2. The van der Waals surface area contributed by atoms with Gasteiger partial charge in [-0.1, -0.05) is 0 Å². The highest BCUT2D eigenvalue weighted by atomic mass is 32.2. The molecule has 2 N–H and O–H groups in total. The monoisotopic (exact) mass is 595 g/mol. The quantitative estimate of drug-likeness (QED) is 0.463. The molecule has 1 aliphatic carbocycles. The Balaban J connectivity index is 1.31. The summed E-state index contributed by atoms with van der Waals surface area (Å²) >= 11 is 0. The molecular weight excluding hydrogens is 555 g/mol. The zero-order valence-electron chi connectivity index (χ0n) is 24.1. The van der Waals surface area contributed by atoms with Crippen LogP contribution in [-0.2, 0) is 16.0 Å². The van der Waals surface area contributed by atoms with Gasteiger partial charge in [0, 0.05) is 31.0 Å². The summed E-state index contributed by atoms with van der Waals surface area (Å²) in [5, 5.41) is 13.0. The van der Waals surface area contributed by atoms with Crippen LogP contribution in [0, 0.1) is 12.3 Å². The second-order valence-electron chi connectivity index (χ2n) is 12.8. The van der Waals surface area contributed by atoms with E-state index in [-0.39, 0.29) is 28.6 Å². The van der Waals surface area contributed by atoms with E-state index in [9.17, 15) is 26.7 Å². The van der Waals surface area contributed by atoms with Crippen molar-refractivity contribution in [3.63, 3.8) is 0 Å². The molecule has 2 aliphatic heterocycles. The van der Waals surface area contributed by atoms with E-state index in [0.29, 0.717) is 49.5 Å². The van der Waals surface area contributed by atoms with Crippen molar-refractivity contribution in [1.82, 2.24) is 14.9 Å². The normalized spacial score (nSPS) is 24.1. The number of nitrogens with one attached hydrogen (secondary N) is 1. The number of nitrogens with zero attached hydrogens (tertiary/aromatic N) is 4. The molecule has 2 aromatic rings. The fourth-order valence-corrected chi connectivity index (χ4v) is 8.72. The maximum atomic E-state index is 13.8. The van der Waals surface area contributed by atoms with Crippen molar-refractivity contribution in [3.8, 4) is 0 Å². The molecular formula is C29H40F3N5O3S. The van der Waals surface area contributed by atoms with Crippen molar-refractivity contribution >= 4 is 27.3 Å². The number of hydrogen-bond acceptors (Lipinski definition) is 8. The van der Waals surface area contributed by atoms with Crippen LogP contribution < -0.4 is 10.2 Å². The van der Waals surface area contributed by atoms with E-state index in [1.54, 1.807) is 32.0 Å². The van der Waals surface area contributed by atoms with Crippen LogP contribution in [0.5, 0.6) is 0 Å². The minimum Gasteiger partial charge on any atom is -0.388 e. The van der Waals surface area contributed by atoms with Gasteiger partial charge >= 0.3 is 6.18 Å². The molecule has 3 heterocycles. The van der Waals surface area contributed by atoms with E-state index < -0.39 is 32.4 Å². The molecule has 5 rings (SSSR count). The summed E-state index contributed by atoms with van der Waals surface area (Å²) in [6.45, 7) is 10.1. The lowest BCUT2D eigenvalue weighted by Gasteiger charge is -2.52. The molecule has 1 aromatic heterocycles. The molecule has 0 radical (unpaired) electrons. The maximum absolute atomic E-state index is 13.8. The number of hydrogen-bond donors (Lipinski definition) is 2. The largest absolute Gasteiger partial charge is 0.421 e. The van der Waals surface area contributed by atoms with Crippen molar-refractivity contribution in [2.75, 3.05) is 36.4 Å². The molecule has 1 spiro atoms. The lowest BCUT2D eigenvalue weighted by Crippen LogP contribution is -2.52. The zero-order chi connectivity index (χ0) is 29.8. The Morgan fingerprint density at radius 1 is 1.12 bits per heavy atom. The number of anilines is 3. The van der Waals surface area contributed by atoms with Crippen LogP contribution in [0.25, 0.3) is 0 Å². The van der Waals surface area contributed by atoms with Crippen molar-refractivity contribution in [2.45, 2.75) is 94.2 Å². The van der Waals surface area contributed by atoms with Crippen molar-refractivity contribution in [2.24, 2.45) is 5.41 Å². The van der Waals surface area contributed by atoms with Gasteiger partial charge in [-0.3, -0.25) is 0 Å². The molecule has 2 saturated heterocycles. The van der Waals surface area contributed by atoms with E-state index >= 15 is 0 Å². The van der Waals surface area contributed by atoms with Gasteiger partial charge in [0.25, 0.3) is 0 Å². The molecule has 8 nitrogen and oxygen atoms in total. The van der Waals surface area contributed by atoms with Crippen LogP contribution in [0.3, 0.4) is 0 Å². The average Bonchev–Trinajstić information content (AvgIpc) is 2.87. The van der Waals surface area contributed by atoms with Crippen LogP contribution in [0.4, 0.5) is 30.6 Å². The predicted octanol–water partition coefficient (Wildman–Crippen LogP) is 5.33. The first-order valence-electron chi connectivity index (χ1n) is 14.4. The third-order valence-corrected chi connectivity index (χ3v) is 11.3. The molecule has 3 fully saturated rings. The first-order valence-corrected chi connectivity index (χ1v) is 15.9. The summed E-state index contributed by atoms with van der Waals surface area (Å²) in [4.78, 5) is 12.3. The summed E-state index contributed by atoms with van der Waals surface area (Å²) in [5.74, 6) is -0.324. The summed E-state index contributed by atoms with van der Waals surface area (Å²) in [7, 11) is -3.50. The van der Waals surface area contributed by atoms with Crippen LogP contribution in [0.15, 0.2) is 29.3 Å². The number of aryl methyl sites for hydroxylation is 1. The molecule has 0 amide bonds. The number of alkyl halides is 3. The van der Waals surface area contributed by atoms with Crippen LogP contribution in [-0.4, -0.2) is 71.5 Å². The Morgan fingerprint density at radius 3 is 2.39 bits per heavy atom. The number of sulfone groups is 1. The van der Waals surface area contributed by atoms with Gasteiger partial charge in [-0.05, 0) is 108 Å². The van der Waals surface area contributed by atoms with Crippen molar-refractivity contribution in [3.05, 3.63) is 35.5 Å². The SMILES string of the molecule is Cc1cc(S(=O)(=O)C2CC3(CCN(C(C)C)CC3)C2)ccc1Nc1ncc(C(F)(F)F)c(N2CCCC(C)(O)C2)n1. The van der Waals surface area contributed by atoms with Gasteiger partial charge in [0.1, 0.15) is 11.4 Å². The maximum Gasteiger partial charge on any atom is 0.421 e. The molecule has 41 heavy (non-hydrogen) atoms. The third-order valence-electron chi connectivity index (χ3n) is 9.17. The highest BCUT2D eigenvalue weighted by Crippen LogP contribution is 2.53. The second kappa shape index (κ2) is 10.7. The average molecular weight is 596 g/mol. The van der Waals surface area contributed by atoms with E-state index in [2.05, 4.69) is 34.0 Å². The van der Waals surface area contributed by atoms with E-state index in [0.717, 1.165) is 32.1 Å². The first-order chi connectivity index (χ1) is 19.1. The second-order valence-corrected chi connectivity index (χ2v) is 15.0. The minimum absolute atomic E-state index is 0.0244. The summed E-state index contributed by atoms with van der Waals surface area (Å²) in [6, 6.07) is 5.27. The predicted molar refractivity (Wildman–Crippen MR) is 152 cm³/mol. The van der Waals surface area contributed by atoms with Crippen molar-refractivity contribution < 1.29 is 26.7 Å². The van der Waals surface area contributed by atoms with E-state index in [4.69, 9.17) is 0 Å². The number of aromatic nitrogens is 2. The summed E-state index contributed by atoms with van der Waals surface area (Å²) < 4.78 is 68.3. The molecule has 0 bridgehead atoms. The molecule has 12 heteroatoms. The number of likely N-dealkylation sites (tertiary alicyclic amines) is 1. The summed E-state index contributed by atoms with van der Waals surface area (Å²) in [5.41, 5.74) is -0.836. The number of halogens is 3. The number of aliphatic hydroxyl groups is 1. The Morgan fingerprint density at radius 2 is 1.80 bits per heavy atom. The fourth-order valence-electron chi connectivity index (χ4n) is 6.59. The van der Waals surface area contributed by atoms with Gasteiger partial charge in [-0.15, -0.1) is 0 Å². The van der Waals surface area contributed by atoms with Crippen LogP contribution >= 0.6 is 0 Å². The highest BCUT2D eigenvalue weighted by molar-refractivity contribution is 7.92. The number of benzene rings is 1. The topological polar surface area (TPSA) is 98.7 Å². The van der Waals surface area contributed by atoms with Gasteiger partial charge < -0.3 is 20.2 Å². The lowest BCUT2D eigenvalue weighted by molar-refractivity contribution is -0.137. The van der Waals surface area contributed by atoms with Gasteiger partial charge in [0.2, 0.25) is 5.95 Å². The summed E-state index contributed by atoms with van der Waals surface area (Å²) in [6.07, 6.45) is 0.553. The van der Waals surface area contributed by atoms with Crippen LogP contribution in [0.1, 0.15) is 70.4 Å². The molecule has 226 valence electrons. The molecule has 1 atom stereocenters. The fraction of sp³-hybridized carbons (Fsp3) is 0.655. The smallest absolute Gasteiger partial charge is 0.388 e. The van der Waals surface area contributed by atoms with Gasteiger partial charge in [0.05, 0.1) is 15.7 Å². The molecule has 1 unspecified atom stereocenters. The third kappa shape index (κ3) is 6.19. The zero-order valence-corrected chi connectivity index (χ0v) is 24.9. The molecule has 1 saturated carbocycles. The Labute approximate surface area is 240 Å². The van der Waals surface area contributed by atoms with Gasteiger partial charge in [0.15, 0.2) is 9.84 Å². The Bertz CT molecular complexity index is 1380. The number of β-amino-alcohol motifs (C(OH)–C–C–N with tert-alkyl or cyclic N) is 1.